The third kappa shape index (κ3) is 5.61. The number of nitrogens with one attached hydrogen (secondary N) is 1. The van der Waals surface area contributed by atoms with Crippen molar-refractivity contribution >= 4 is 29.7 Å². The first kappa shape index (κ1) is 15.5. The van der Waals surface area contributed by atoms with Crippen LogP contribution in [0.4, 0.5) is 0 Å². The van der Waals surface area contributed by atoms with E-state index in [-0.39, 0.29) is 0 Å². The van der Waals surface area contributed by atoms with Crippen molar-refractivity contribution in [1.82, 2.24) is 5.32 Å². The van der Waals surface area contributed by atoms with Gasteiger partial charge in [-0.2, -0.15) is 0 Å². The normalized spacial score (nSPS) is 36.5. The maximum absolute atomic E-state index is 3.79. The number of rotatable bonds is 2. The molecule has 2 unspecified atom stereocenters. The highest BCUT2D eigenvalue weighted by atomic mass is 33.1. The smallest absolute Gasteiger partial charge is 0.00696 e. The van der Waals surface area contributed by atoms with Gasteiger partial charge in [0.2, 0.25) is 0 Å². The maximum Gasteiger partial charge on any atom is 0.00696 e. The number of hydrogen-bond acceptors (Lipinski definition) is 3. The van der Waals surface area contributed by atoms with E-state index in [1.807, 2.05) is 0 Å². The SMILES string of the molecule is CC(C)NC1CCC2CCC(CC1)CSPSC2. The molecule has 1 nitrogen and oxygen atoms in total. The van der Waals surface area contributed by atoms with Gasteiger partial charge in [0.05, 0.1) is 0 Å². The molecule has 4 heteroatoms. The fourth-order valence-corrected chi connectivity index (χ4v) is 8.50. The Morgan fingerprint density at radius 3 is 1.89 bits per heavy atom. The first-order valence-corrected chi connectivity index (χ1v) is 11.9. The molecule has 0 aromatic rings. The van der Waals surface area contributed by atoms with Crippen LogP contribution < -0.4 is 5.32 Å². The molecule has 2 bridgehead atoms. The Morgan fingerprint density at radius 2 is 1.39 bits per heavy atom. The van der Waals surface area contributed by atoms with Crippen molar-refractivity contribution in [3.63, 3.8) is 0 Å². The molecule has 0 aromatic heterocycles. The minimum Gasteiger partial charge on any atom is -0.312 e. The van der Waals surface area contributed by atoms with Gasteiger partial charge in [-0.05, 0) is 57.3 Å². The molecule has 0 spiro atoms. The zero-order valence-corrected chi connectivity index (χ0v) is 14.4. The van der Waals surface area contributed by atoms with Gasteiger partial charge in [0.25, 0.3) is 0 Å². The summed E-state index contributed by atoms with van der Waals surface area (Å²) < 4.78 is 0. The molecule has 1 N–H and O–H groups in total. The second kappa shape index (κ2) is 8.39. The van der Waals surface area contributed by atoms with Crippen molar-refractivity contribution in [2.75, 3.05) is 11.5 Å². The Kier molecular flexibility index (Phi) is 7.22. The third-order valence-corrected chi connectivity index (χ3v) is 9.50. The molecule has 2 aliphatic rings. The van der Waals surface area contributed by atoms with E-state index in [2.05, 4.69) is 41.9 Å². The average molecular weight is 305 g/mol. The summed E-state index contributed by atoms with van der Waals surface area (Å²) in [4.78, 5) is 0. The minimum absolute atomic E-state index is 0.644. The van der Waals surface area contributed by atoms with Crippen molar-refractivity contribution in [2.45, 2.75) is 64.5 Å². The fraction of sp³-hybridized carbons (Fsp3) is 1.00. The quantitative estimate of drug-likeness (QED) is 0.727. The van der Waals surface area contributed by atoms with E-state index in [0.29, 0.717) is 6.04 Å². The average Bonchev–Trinajstić information content (AvgIpc) is 2.48. The van der Waals surface area contributed by atoms with E-state index in [1.165, 1.54) is 50.0 Å². The zero-order valence-electron chi connectivity index (χ0n) is 11.8. The second-order valence-corrected chi connectivity index (χ2v) is 11.3. The summed E-state index contributed by atoms with van der Waals surface area (Å²) in [7, 11) is 0. The molecule has 106 valence electrons. The molecule has 18 heavy (non-hydrogen) atoms. The van der Waals surface area contributed by atoms with Crippen molar-refractivity contribution in [2.24, 2.45) is 11.8 Å². The molecule has 1 aliphatic carbocycles. The third-order valence-electron chi connectivity index (χ3n) is 4.15. The van der Waals surface area contributed by atoms with E-state index < -0.39 is 0 Å². The molecule has 0 aromatic carbocycles. The van der Waals surface area contributed by atoms with Crippen LogP contribution in [-0.4, -0.2) is 23.6 Å². The van der Waals surface area contributed by atoms with E-state index in [9.17, 15) is 0 Å². The lowest BCUT2D eigenvalue weighted by atomic mass is 9.95. The summed E-state index contributed by atoms with van der Waals surface area (Å²) in [6.45, 7) is 5.68. The monoisotopic (exact) mass is 305 g/mol. The van der Waals surface area contributed by atoms with E-state index in [4.69, 9.17) is 0 Å². The summed E-state index contributed by atoms with van der Waals surface area (Å²) >= 11 is 4.43. The molecular weight excluding hydrogens is 277 g/mol. The topological polar surface area (TPSA) is 12.0 Å². The Labute approximate surface area is 123 Å². The van der Waals surface area contributed by atoms with E-state index >= 15 is 0 Å². The Morgan fingerprint density at radius 1 is 0.889 bits per heavy atom. The van der Waals surface area contributed by atoms with Gasteiger partial charge in [-0.15, -0.1) is 22.8 Å². The van der Waals surface area contributed by atoms with Crippen molar-refractivity contribution < 1.29 is 0 Å². The molecule has 2 fully saturated rings. The van der Waals surface area contributed by atoms with Gasteiger partial charge in [-0.3, -0.25) is 0 Å². The zero-order chi connectivity index (χ0) is 12.8. The van der Waals surface area contributed by atoms with Crippen LogP contribution in [0.3, 0.4) is 0 Å². The van der Waals surface area contributed by atoms with Crippen LogP contribution in [0.5, 0.6) is 0 Å². The van der Waals surface area contributed by atoms with Crippen molar-refractivity contribution in [1.29, 1.82) is 0 Å². The van der Waals surface area contributed by atoms with Crippen LogP contribution in [0, 0.1) is 11.8 Å². The summed E-state index contributed by atoms with van der Waals surface area (Å²) in [6, 6.07) is 1.43. The standard InChI is InChI=1S/C14H28NPS2/c1-11(2)15-14-7-5-12-3-4-13(6-8-14)10-18-16-17-9-12/h11-16H,3-10H2,1-2H3. The first-order chi connectivity index (χ1) is 8.74. The Balaban J connectivity index is 1.93. The first-order valence-electron chi connectivity index (χ1n) is 7.48. The van der Waals surface area contributed by atoms with Gasteiger partial charge in [0.1, 0.15) is 0 Å². The summed E-state index contributed by atoms with van der Waals surface area (Å²) in [5, 5.41) is 3.79. The molecule has 0 amide bonds. The maximum atomic E-state index is 3.79. The summed E-state index contributed by atoms with van der Waals surface area (Å²) in [5.74, 6) is 4.84. The van der Waals surface area contributed by atoms with Crippen LogP contribution in [0.1, 0.15) is 52.4 Å². The molecule has 2 rings (SSSR count). The van der Waals surface area contributed by atoms with Gasteiger partial charge in [0.15, 0.2) is 0 Å². The van der Waals surface area contributed by atoms with Crippen LogP contribution in [0.2, 0.25) is 0 Å². The minimum atomic E-state index is 0.644. The summed E-state index contributed by atoms with van der Waals surface area (Å²) in [6.07, 6.45) is 8.73. The predicted molar refractivity (Wildman–Crippen MR) is 90.0 cm³/mol. The highest BCUT2D eigenvalue weighted by Gasteiger charge is 2.22. The lowest BCUT2D eigenvalue weighted by Crippen LogP contribution is -2.35. The lowest BCUT2D eigenvalue weighted by Gasteiger charge is -2.23. The Hall–Kier alpha value is 1.09. The van der Waals surface area contributed by atoms with E-state index in [1.54, 1.807) is 0 Å². The predicted octanol–water partition coefficient (Wildman–Crippen LogP) is 4.93. The highest BCUT2D eigenvalue weighted by molar-refractivity contribution is 8.82. The summed E-state index contributed by atoms with van der Waals surface area (Å²) in [5.41, 5.74) is 0. The number of hydrogen-bond donors (Lipinski definition) is 1. The van der Waals surface area contributed by atoms with E-state index in [0.717, 1.165) is 24.9 Å². The molecule has 1 aliphatic heterocycles. The van der Waals surface area contributed by atoms with Gasteiger partial charge < -0.3 is 5.32 Å². The van der Waals surface area contributed by atoms with Gasteiger partial charge >= 0.3 is 0 Å². The van der Waals surface area contributed by atoms with Crippen LogP contribution in [-0.2, 0) is 0 Å². The molecular formula is C14H28NPS2. The fourth-order valence-electron chi connectivity index (χ4n) is 3.10. The Bertz CT molecular complexity index is 220. The molecule has 0 radical (unpaired) electrons. The molecule has 1 saturated carbocycles. The van der Waals surface area contributed by atoms with Crippen LogP contribution in [0.25, 0.3) is 0 Å². The van der Waals surface area contributed by atoms with Crippen molar-refractivity contribution in [3.8, 4) is 0 Å². The van der Waals surface area contributed by atoms with Gasteiger partial charge in [0, 0.05) is 23.6 Å². The van der Waals surface area contributed by atoms with Gasteiger partial charge in [-0.25, -0.2) is 0 Å². The number of fused-ring (bicyclic) bond motifs is 3. The molecule has 2 atom stereocenters. The van der Waals surface area contributed by atoms with Crippen molar-refractivity contribution in [3.05, 3.63) is 0 Å². The highest BCUT2D eigenvalue weighted by Crippen LogP contribution is 2.47. The second-order valence-electron chi connectivity index (χ2n) is 6.19. The molecule has 1 heterocycles. The molecule has 1 saturated heterocycles. The largest absolute Gasteiger partial charge is 0.312 e. The van der Waals surface area contributed by atoms with Crippen LogP contribution >= 0.6 is 29.7 Å². The van der Waals surface area contributed by atoms with Gasteiger partial charge in [-0.1, -0.05) is 13.8 Å². The lowest BCUT2D eigenvalue weighted by molar-refractivity contribution is 0.376. The van der Waals surface area contributed by atoms with Crippen LogP contribution in [0.15, 0.2) is 0 Å².